The molecule has 0 amide bonds. The largest absolute Gasteiger partial charge is 0.444 e. The van der Waals surface area contributed by atoms with Crippen LogP contribution in [0.25, 0.3) is 11.5 Å². The zero-order valence-corrected chi connectivity index (χ0v) is 13.5. The molecule has 2 aromatic heterocycles. The van der Waals surface area contributed by atoms with Crippen molar-refractivity contribution < 1.29 is 8.94 Å². The molecule has 0 saturated heterocycles. The fourth-order valence-electron chi connectivity index (χ4n) is 2.07. The van der Waals surface area contributed by atoms with Crippen molar-refractivity contribution in [3.05, 3.63) is 54.0 Å². The van der Waals surface area contributed by atoms with Crippen LogP contribution in [0.4, 0.5) is 0 Å². The van der Waals surface area contributed by atoms with E-state index in [0.717, 1.165) is 11.3 Å². The summed E-state index contributed by atoms with van der Waals surface area (Å²) < 4.78 is 10.4. The maximum Gasteiger partial charge on any atom is 0.226 e. The zero-order valence-electron chi connectivity index (χ0n) is 13.5. The number of rotatable bonds is 5. The molecule has 0 aliphatic carbocycles. The number of oxazole rings is 1. The molecule has 0 bridgehead atoms. The van der Waals surface area contributed by atoms with Gasteiger partial charge in [0.1, 0.15) is 6.26 Å². The third kappa shape index (κ3) is 3.97. The number of hydrogen-bond donors (Lipinski definition) is 2. The number of guanidine groups is 1. The summed E-state index contributed by atoms with van der Waals surface area (Å²) in [6.07, 6.45) is 1.63. The van der Waals surface area contributed by atoms with Crippen LogP contribution >= 0.6 is 0 Å². The van der Waals surface area contributed by atoms with Gasteiger partial charge in [0, 0.05) is 19.5 Å². The quantitative estimate of drug-likeness (QED) is 0.545. The predicted molar refractivity (Wildman–Crippen MR) is 88.0 cm³/mol. The van der Waals surface area contributed by atoms with Gasteiger partial charge < -0.3 is 19.6 Å². The molecule has 0 saturated carbocycles. The molecule has 3 rings (SSSR count). The smallest absolute Gasteiger partial charge is 0.226 e. The summed E-state index contributed by atoms with van der Waals surface area (Å²) in [5.74, 6) is 2.31. The molecular weight excluding hydrogens is 308 g/mol. The fraction of sp³-hybridized carbons (Fsp3) is 0.250. The van der Waals surface area contributed by atoms with E-state index >= 15 is 0 Å². The Morgan fingerprint density at radius 2 is 1.92 bits per heavy atom. The molecule has 124 valence electrons. The van der Waals surface area contributed by atoms with Gasteiger partial charge in [-0.05, 0) is 12.1 Å². The fourth-order valence-corrected chi connectivity index (χ4v) is 2.07. The van der Waals surface area contributed by atoms with E-state index in [1.54, 1.807) is 20.2 Å². The van der Waals surface area contributed by atoms with Gasteiger partial charge in [-0.1, -0.05) is 23.4 Å². The first-order chi connectivity index (χ1) is 11.7. The summed E-state index contributed by atoms with van der Waals surface area (Å²) in [6.45, 7) is 2.66. The van der Waals surface area contributed by atoms with Gasteiger partial charge in [-0.15, -0.1) is 0 Å². The molecule has 0 aliphatic rings. The van der Waals surface area contributed by atoms with Crippen molar-refractivity contribution in [1.82, 2.24) is 25.8 Å². The van der Waals surface area contributed by atoms with Crippen LogP contribution in [0.2, 0.25) is 0 Å². The lowest BCUT2D eigenvalue weighted by molar-refractivity contribution is 0.387. The highest BCUT2D eigenvalue weighted by molar-refractivity contribution is 5.79. The molecule has 1 aromatic carbocycles. The molecule has 3 aromatic rings. The molecule has 8 heteroatoms. The Bertz CT molecular complexity index is 809. The van der Waals surface area contributed by atoms with Crippen molar-refractivity contribution in [3.63, 3.8) is 0 Å². The second-order valence-electron chi connectivity index (χ2n) is 5.02. The van der Waals surface area contributed by atoms with Gasteiger partial charge in [0.2, 0.25) is 11.8 Å². The van der Waals surface area contributed by atoms with Crippen molar-refractivity contribution >= 4 is 5.96 Å². The zero-order chi connectivity index (χ0) is 16.8. The summed E-state index contributed by atoms with van der Waals surface area (Å²) in [6, 6.07) is 9.76. The first-order valence-corrected chi connectivity index (χ1v) is 7.48. The lowest BCUT2D eigenvalue weighted by Gasteiger charge is -2.08. The van der Waals surface area contributed by atoms with Crippen molar-refractivity contribution in [3.8, 4) is 11.5 Å². The molecule has 0 radical (unpaired) electrons. The monoisotopic (exact) mass is 326 g/mol. The summed E-state index contributed by atoms with van der Waals surface area (Å²) in [7, 11) is 1.69. The summed E-state index contributed by atoms with van der Waals surface area (Å²) in [5.41, 5.74) is 1.73. The van der Waals surface area contributed by atoms with Crippen LogP contribution in [-0.2, 0) is 13.1 Å². The first kappa shape index (κ1) is 15.7. The van der Waals surface area contributed by atoms with Gasteiger partial charge in [-0.2, -0.15) is 4.98 Å². The first-order valence-electron chi connectivity index (χ1n) is 7.48. The standard InChI is InChI=1S/C16H18N6O2/c1-11-20-14(22-24-11)9-19-16(17-2)18-8-13-10-23-15(21-13)12-6-4-3-5-7-12/h3-7,10H,8-9H2,1-2H3,(H2,17,18,19). The Morgan fingerprint density at radius 3 is 2.62 bits per heavy atom. The maximum atomic E-state index is 5.50. The highest BCUT2D eigenvalue weighted by atomic mass is 16.5. The normalized spacial score (nSPS) is 11.5. The molecule has 0 fully saturated rings. The van der Waals surface area contributed by atoms with Gasteiger partial charge in [0.25, 0.3) is 0 Å². The Balaban J connectivity index is 1.53. The third-order valence-corrected chi connectivity index (χ3v) is 3.22. The van der Waals surface area contributed by atoms with Crippen LogP contribution in [0.3, 0.4) is 0 Å². The lowest BCUT2D eigenvalue weighted by atomic mass is 10.2. The highest BCUT2D eigenvalue weighted by Gasteiger charge is 2.08. The van der Waals surface area contributed by atoms with Gasteiger partial charge >= 0.3 is 0 Å². The summed E-state index contributed by atoms with van der Waals surface area (Å²) in [4.78, 5) is 12.7. The number of nitrogens with zero attached hydrogens (tertiary/aromatic N) is 4. The Kier molecular flexibility index (Phi) is 4.85. The number of aliphatic imine (C=N–C) groups is 1. The van der Waals surface area contributed by atoms with Crippen LogP contribution in [0, 0.1) is 6.92 Å². The summed E-state index contributed by atoms with van der Waals surface area (Å²) in [5, 5.41) is 10.1. The lowest BCUT2D eigenvalue weighted by Crippen LogP contribution is -2.36. The molecule has 0 unspecified atom stereocenters. The molecular formula is C16H18N6O2. The number of aryl methyl sites for hydroxylation is 1. The van der Waals surface area contributed by atoms with Crippen molar-refractivity contribution in [2.75, 3.05) is 7.05 Å². The SMILES string of the molecule is CN=C(NCc1coc(-c2ccccc2)n1)NCc1noc(C)n1. The third-order valence-electron chi connectivity index (χ3n) is 3.22. The predicted octanol–water partition coefficient (Wildman–Crippen LogP) is 1.90. The second kappa shape index (κ2) is 7.40. The van der Waals surface area contributed by atoms with E-state index in [-0.39, 0.29) is 0 Å². The van der Waals surface area contributed by atoms with Gasteiger partial charge in [0.15, 0.2) is 11.8 Å². The van der Waals surface area contributed by atoms with Gasteiger partial charge in [-0.3, -0.25) is 4.99 Å². The molecule has 0 aliphatic heterocycles. The van der Waals surface area contributed by atoms with E-state index in [1.165, 1.54) is 0 Å². The Labute approximate surface area is 139 Å². The number of aromatic nitrogens is 3. The Hall–Kier alpha value is -3.16. The minimum absolute atomic E-state index is 0.422. The van der Waals surface area contributed by atoms with Crippen LogP contribution in [0.15, 0.2) is 50.5 Å². The van der Waals surface area contributed by atoms with Crippen molar-refractivity contribution in [1.29, 1.82) is 0 Å². The van der Waals surface area contributed by atoms with E-state index in [0.29, 0.717) is 36.7 Å². The minimum atomic E-state index is 0.422. The van der Waals surface area contributed by atoms with E-state index in [4.69, 9.17) is 8.94 Å². The van der Waals surface area contributed by atoms with Crippen molar-refractivity contribution in [2.24, 2.45) is 4.99 Å². The van der Waals surface area contributed by atoms with E-state index in [1.807, 2.05) is 30.3 Å². The maximum absolute atomic E-state index is 5.50. The highest BCUT2D eigenvalue weighted by Crippen LogP contribution is 2.17. The van der Waals surface area contributed by atoms with Gasteiger partial charge in [0.05, 0.1) is 18.8 Å². The average molecular weight is 326 g/mol. The summed E-state index contributed by atoms with van der Waals surface area (Å²) >= 11 is 0. The van der Waals surface area contributed by atoms with Crippen molar-refractivity contribution in [2.45, 2.75) is 20.0 Å². The van der Waals surface area contributed by atoms with Gasteiger partial charge in [-0.25, -0.2) is 4.98 Å². The molecule has 2 N–H and O–H groups in total. The minimum Gasteiger partial charge on any atom is -0.444 e. The average Bonchev–Trinajstić information content (AvgIpc) is 3.25. The number of benzene rings is 1. The van der Waals surface area contributed by atoms with Crippen LogP contribution in [0.5, 0.6) is 0 Å². The number of nitrogens with one attached hydrogen (secondary N) is 2. The molecule has 0 atom stereocenters. The van der Waals surface area contributed by atoms with E-state index in [9.17, 15) is 0 Å². The molecule has 2 heterocycles. The molecule has 0 spiro atoms. The van der Waals surface area contributed by atoms with Crippen LogP contribution in [0.1, 0.15) is 17.4 Å². The molecule has 24 heavy (non-hydrogen) atoms. The van der Waals surface area contributed by atoms with E-state index in [2.05, 4.69) is 30.8 Å². The topological polar surface area (TPSA) is 101 Å². The second-order valence-corrected chi connectivity index (χ2v) is 5.02. The molecule has 8 nitrogen and oxygen atoms in total. The van der Waals surface area contributed by atoms with Crippen LogP contribution in [-0.4, -0.2) is 28.1 Å². The Morgan fingerprint density at radius 1 is 1.12 bits per heavy atom. The number of hydrogen-bond acceptors (Lipinski definition) is 6. The van der Waals surface area contributed by atoms with E-state index < -0.39 is 0 Å². The van der Waals surface area contributed by atoms with Crippen LogP contribution < -0.4 is 10.6 Å².